The van der Waals surface area contributed by atoms with Gasteiger partial charge in [0.2, 0.25) is 5.91 Å². The Morgan fingerprint density at radius 3 is 2.56 bits per heavy atom. The molecule has 3 heteroatoms. The van der Waals surface area contributed by atoms with Gasteiger partial charge in [-0.25, -0.2) is 0 Å². The highest BCUT2D eigenvalue weighted by atomic mass is 16.3. The van der Waals surface area contributed by atoms with Crippen LogP contribution in [0.3, 0.4) is 0 Å². The van der Waals surface area contributed by atoms with Crippen molar-refractivity contribution in [2.45, 2.75) is 46.5 Å². The van der Waals surface area contributed by atoms with Crippen LogP contribution in [-0.4, -0.2) is 17.6 Å². The molecule has 3 nitrogen and oxygen atoms in total. The van der Waals surface area contributed by atoms with Gasteiger partial charge in [0.15, 0.2) is 0 Å². The molecule has 0 spiro atoms. The molecule has 0 radical (unpaired) electrons. The van der Waals surface area contributed by atoms with Crippen LogP contribution in [0.4, 0.5) is 0 Å². The van der Waals surface area contributed by atoms with Crippen LogP contribution in [0.5, 0.6) is 0 Å². The molecule has 0 bridgehead atoms. The summed E-state index contributed by atoms with van der Waals surface area (Å²) in [5.74, 6) is 1.10. The van der Waals surface area contributed by atoms with E-state index in [1.54, 1.807) is 0 Å². The molecule has 0 aromatic heterocycles. The quantitative estimate of drug-likeness (QED) is 0.771. The third-order valence-electron chi connectivity index (χ3n) is 4.25. The minimum absolute atomic E-state index is 0.0544. The van der Waals surface area contributed by atoms with Crippen LogP contribution in [0.1, 0.15) is 46.5 Å². The number of carbonyl (C=O) groups excluding carboxylic acids is 1. The second-order valence-corrected chi connectivity index (χ2v) is 5.73. The van der Waals surface area contributed by atoms with E-state index in [1.807, 2.05) is 0 Å². The Hall–Kier alpha value is -0.570. The largest absolute Gasteiger partial charge is 0.396 e. The lowest BCUT2D eigenvalue weighted by atomic mass is 9.58. The lowest BCUT2D eigenvalue weighted by Gasteiger charge is -2.46. The van der Waals surface area contributed by atoms with Crippen LogP contribution in [0.15, 0.2) is 0 Å². The van der Waals surface area contributed by atoms with E-state index in [1.165, 1.54) is 6.42 Å². The molecular formula is C13H25NO2. The van der Waals surface area contributed by atoms with E-state index in [2.05, 4.69) is 20.8 Å². The maximum atomic E-state index is 11.8. The summed E-state index contributed by atoms with van der Waals surface area (Å²) in [6.07, 6.45) is 3.59. The molecule has 1 aliphatic rings. The second-order valence-electron chi connectivity index (χ2n) is 5.73. The van der Waals surface area contributed by atoms with Crippen molar-refractivity contribution in [1.82, 2.24) is 0 Å². The van der Waals surface area contributed by atoms with Crippen molar-refractivity contribution >= 4 is 5.91 Å². The molecule has 1 aliphatic carbocycles. The number of primary amides is 1. The highest BCUT2D eigenvalue weighted by molar-refractivity contribution is 5.81. The zero-order chi connectivity index (χ0) is 12.3. The third-order valence-corrected chi connectivity index (χ3v) is 4.25. The number of hydrogen-bond donors (Lipinski definition) is 2. The molecule has 3 N–H and O–H groups in total. The van der Waals surface area contributed by atoms with Gasteiger partial charge in [-0.15, -0.1) is 0 Å². The molecule has 0 saturated heterocycles. The summed E-state index contributed by atoms with van der Waals surface area (Å²) in [6.45, 7) is 6.52. The summed E-state index contributed by atoms with van der Waals surface area (Å²) >= 11 is 0. The van der Waals surface area contributed by atoms with Gasteiger partial charge in [0.25, 0.3) is 0 Å². The predicted octanol–water partition coefficient (Wildman–Crippen LogP) is 1.93. The summed E-state index contributed by atoms with van der Waals surface area (Å²) in [5.41, 5.74) is 5.16. The first-order valence-electron chi connectivity index (χ1n) is 6.34. The summed E-state index contributed by atoms with van der Waals surface area (Å²) < 4.78 is 0. The number of rotatable bonds is 4. The number of aliphatic hydroxyl groups excluding tert-OH is 1. The highest BCUT2D eigenvalue weighted by Crippen LogP contribution is 2.49. The molecule has 1 saturated carbocycles. The molecule has 1 amide bonds. The fourth-order valence-corrected chi connectivity index (χ4v) is 3.48. The van der Waals surface area contributed by atoms with Crippen molar-refractivity contribution in [1.29, 1.82) is 0 Å². The standard InChI is InChI=1S/C13H25NO2/c1-9(2)11-5-4-10(3)8-13(11,6-7-15)12(14)16/h9-11,15H,4-8H2,1-3H3,(H2,14,16). The molecule has 94 valence electrons. The number of nitrogens with two attached hydrogens (primary N) is 1. The molecule has 0 aromatic carbocycles. The van der Waals surface area contributed by atoms with Gasteiger partial charge >= 0.3 is 0 Å². The zero-order valence-corrected chi connectivity index (χ0v) is 10.7. The normalized spacial score (nSPS) is 35.3. The number of amides is 1. The topological polar surface area (TPSA) is 63.3 Å². The van der Waals surface area contributed by atoms with E-state index >= 15 is 0 Å². The van der Waals surface area contributed by atoms with Gasteiger partial charge < -0.3 is 10.8 Å². The van der Waals surface area contributed by atoms with E-state index < -0.39 is 5.41 Å². The summed E-state index contributed by atoms with van der Waals surface area (Å²) in [7, 11) is 0. The summed E-state index contributed by atoms with van der Waals surface area (Å²) in [4.78, 5) is 11.8. The van der Waals surface area contributed by atoms with Crippen LogP contribution < -0.4 is 5.73 Å². The lowest BCUT2D eigenvalue weighted by molar-refractivity contribution is -0.138. The lowest BCUT2D eigenvalue weighted by Crippen LogP contribution is -2.49. The summed E-state index contributed by atoms with van der Waals surface area (Å²) in [6, 6.07) is 0. The first-order valence-corrected chi connectivity index (χ1v) is 6.34. The summed E-state index contributed by atoms with van der Waals surface area (Å²) in [5, 5.41) is 9.21. The Balaban J connectivity index is 3.00. The van der Waals surface area contributed by atoms with Crippen LogP contribution in [-0.2, 0) is 4.79 Å². The Morgan fingerprint density at radius 1 is 1.50 bits per heavy atom. The maximum Gasteiger partial charge on any atom is 0.224 e. The van der Waals surface area contributed by atoms with E-state index in [0.717, 1.165) is 12.8 Å². The van der Waals surface area contributed by atoms with Crippen molar-refractivity contribution < 1.29 is 9.90 Å². The smallest absolute Gasteiger partial charge is 0.224 e. The Bertz CT molecular complexity index is 252. The van der Waals surface area contributed by atoms with Gasteiger partial charge in [0, 0.05) is 6.61 Å². The number of hydrogen-bond acceptors (Lipinski definition) is 2. The molecule has 0 aliphatic heterocycles. The van der Waals surface area contributed by atoms with Crippen molar-refractivity contribution in [2.75, 3.05) is 6.61 Å². The Labute approximate surface area is 98.4 Å². The third kappa shape index (κ3) is 2.40. The van der Waals surface area contributed by atoms with Crippen molar-refractivity contribution in [3.8, 4) is 0 Å². The van der Waals surface area contributed by atoms with Crippen LogP contribution >= 0.6 is 0 Å². The van der Waals surface area contributed by atoms with Gasteiger partial charge in [-0.2, -0.15) is 0 Å². The van der Waals surface area contributed by atoms with Gasteiger partial charge in [0.1, 0.15) is 0 Å². The van der Waals surface area contributed by atoms with E-state index in [9.17, 15) is 9.90 Å². The SMILES string of the molecule is CC1CCC(C(C)C)C(CCO)(C(N)=O)C1. The van der Waals surface area contributed by atoms with Crippen molar-refractivity contribution in [2.24, 2.45) is 28.9 Å². The molecule has 1 rings (SSSR count). The van der Waals surface area contributed by atoms with Gasteiger partial charge in [-0.3, -0.25) is 4.79 Å². The first kappa shape index (κ1) is 13.5. The fourth-order valence-electron chi connectivity index (χ4n) is 3.48. The fraction of sp³-hybridized carbons (Fsp3) is 0.923. The maximum absolute atomic E-state index is 11.8. The Morgan fingerprint density at radius 2 is 2.12 bits per heavy atom. The molecule has 1 fully saturated rings. The predicted molar refractivity (Wildman–Crippen MR) is 64.7 cm³/mol. The molecule has 16 heavy (non-hydrogen) atoms. The average molecular weight is 227 g/mol. The van der Waals surface area contributed by atoms with E-state index in [0.29, 0.717) is 24.2 Å². The van der Waals surface area contributed by atoms with Crippen molar-refractivity contribution in [3.05, 3.63) is 0 Å². The van der Waals surface area contributed by atoms with Crippen LogP contribution in [0.2, 0.25) is 0 Å². The van der Waals surface area contributed by atoms with Crippen molar-refractivity contribution in [3.63, 3.8) is 0 Å². The zero-order valence-electron chi connectivity index (χ0n) is 10.7. The highest BCUT2D eigenvalue weighted by Gasteiger charge is 2.47. The number of aliphatic hydroxyl groups is 1. The Kier molecular flexibility index (Phi) is 4.36. The van der Waals surface area contributed by atoms with Crippen LogP contribution in [0, 0.1) is 23.2 Å². The minimum atomic E-state index is -0.472. The second kappa shape index (κ2) is 5.17. The van der Waals surface area contributed by atoms with E-state index in [-0.39, 0.29) is 12.5 Å². The molecule has 0 heterocycles. The van der Waals surface area contributed by atoms with Crippen LogP contribution in [0.25, 0.3) is 0 Å². The monoisotopic (exact) mass is 227 g/mol. The molecule has 3 unspecified atom stereocenters. The number of carbonyl (C=O) groups is 1. The van der Waals surface area contributed by atoms with E-state index in [4.69, 9.17) is 5.73 Å². The van der Waals surface area contributed by atoms with Gasteiger partial charge in [0.05, 0.1) is 5.41 Å². The minimum Gasteiger partial charge on any atom is -0.396 e. The molecular weight excluding hydrogens is 202 g/mol. The first-order chi connectivity index (χ1) is 7.44. The molecule has 0 aromatic rings. The molecule has 3 atom stereocenters. The van der Waals surface area contributed by atoms with Gasteiger partial charge in [-0.1, -0.05) is 27.2 Å². The average Bonchev–Trinajstić information content (AvgIpc) is 2.17. The van der Waals surface area contributed by atoms with Gasteiger partial charge in [-0.05, 0) is 37.0 Å².